The molecular weight excluding hydrogens is 252 g/mol. The zero-order chi connectivity index (χ0) is 13.8. The second kappa shape index (κ2) is 5.77. The van der Waals surface area contributed by atoms with E-state index in [1.165, 1.54) is 12.1 Å². The van der Waals surface area contributed by atoms with Crippen LogP contribution < -0.4 is 4.90 Å². The van der Waals surface area contributed by atoms with Crippen molar-refractivity contribution in [2.45, 2.75) is 6.42 Å². The lowest BCUT2D eigenvalue weighted by Gasteiger charge is -2.17. The van der Waals surface area contributed by atoms with Crippen molar-refractivity contribution in [2.24, 2.45) is 0 Å². The lowest BCUT2D eigenvalue weighted by Crippen LogP contribution is -2.30. The van der Waals surface area contributed by atoms with Crippen molar-refractivity contribution in [1.82, 2.24) is 0 Å². The van der Waals surface area contributed by atoms with Crippen molar-refractivity contribution in [3.05, 3.63) is 33.9 Å². The van der Waals surface area contributed by atoms with Crippen LogP contribution in [0, 0.1) is 10.1 Å². The van der Waals surface area contributed by atoms with Crippen molar-refractivity contribution < 1.29 is 19.6 Å². The number of fused-ring (bicyclic) bond motifs is 1. The van der Waals surface area contributed by atoms with Crippen LogP contribution in [0.2, 0.25) is 0 Å². The van der Waals surface area contributed by atoms with E-state index in [9.17, 15) is 14.9 Å². The fourth-order valence-corrected chi connectivity index (χ4v) is 2.05. The molecule has 0 aliphatic carbocycles. The molecule has 1 aromatic rings. The Hall–Kier alpha value is -1.99. The van der Waals surface area contributed by atoms with Gasteiger partial charge in [0.05, 0.1) is 31.2 Å². The molecule has 0 saturated heterocycles. The van der Waals surface area contributed by atoms with E-state index in [2.05, 4.69) is 0 Å². The number of ether oxygens (including phenoxy) is 1. The number of nitro benzene ring substituents is 1. The zero-order valence-electron chi connectivity index (χ0n) is 10.2. The Morgan fingerprint density at radius 2 is 2.21 bits per heavy atom. The quantitative estimate of drug-likeness (QED) is 0.459. The number of amides is 1. The molecule has 1 aliphatic heterocycles. The van der Waals surface area contributed by atoms with Crippen LogP contribution in [-0.2, 0) is 16.0 Å². The molecule has 7 nitrogen and oxygen atoms in total. The third-order valence-electron chi connectivity index (χ3n) is 2.90. The summed E-state index contributed by atoms with van der Waals surface area (Å²) in [6, 6.07) is 4.41. The van der Waals surface area contributed by atoms with Gasteiger partial charge in [0, 0.05) is 24.4 Å². The number of carbonyl (C=O) groups is 1. The summed E-state index contributed by atoms with van der Waals surface area (Å²) in [5.41, 5.74) is 1.36. The van der Waals surface area contributed by atoms with Crippen molar-refractivity contribution in [3.8, 4) is 0 Å². The number of benzene rings is 1. The van der Waals surface area contributed by atoms with E-state index in [-0.39, 0.29) is 31.2 Å². The number of hydrogen-bond acceptors (Lipinski definition) is 5. The van der Waals surface area contributed by atoms with Gasteiger partial charge < -0.3 is 14.7 Å². The standard InChI is InChI=1S/C12H14N2O5/c15-4-6-19-5-3-13-11-2-1-10(14(17)18)7-9(11)8-12(13)16/h1-2,7,15H,3-6,8H2. The van der Waals surface area contributed by atoms with E-state index in [0.29, 0.717) is 24.4 Å². The summed E-state index contributed by atoms with van der Waals surface area (Å²) in [6.07, 6.45) is 0.178. The highest BCUT2D eigenvalue weighted by Crippen LogP contribution is 2.31. The molecule has 19 heavy (non-hydrogen) atoms. The number of anilines is 1. The van der Waals surface area contributed by atoms with Gasteiger partial charge in [-0.3, -0.25) is 14.9 Å². The van der Waals surface area contributed by atoms with Crippen molar-refractivity contribution in [3.63, 3.8) is 0 Å². The topological polar surface area (TPSA) is 92.9 Å². The number of nitrogens with zero attached hydrogens (tertiary/aromatic N) is 2. The number of aliphatic hydroxyl groups excluding tert-OH is 1. The molecule has 102 valence electrons. The molecule has 1 heterocycles. The number of carbonyl (C=O) groups excluding carboxylic acids is 1. The van der Waals surface area contributed by atoms with Gasteiger partial charge in [0.25, 0.3) is 5.69 Å². The molecule has 0 saturated carbocycles. The highest BCUT2D eigenvalue weighted by molar-refractivity contribution is 6.01. The predicted molar refractivity (Wildman–Crippen MR) is 67.1 cm³/mol. The minimum absolute atomic E-state index is 0.00932. The first-order chi connectivity index (χ1) is 9.13. The van der Waals surface area contributed by atoms with Gasteiger partial charge in [-0.25, -0.2) is 0 Å². The van der Waals surface area contributed by atoms with Gasteiger partial charge in [-0.1, -0.05) is 0 Å². The molecule has 0 fully saturated rings. The number of rotatable bonds is 6. The lowest BCUT2D eigenvalue weighted by molar-refractivity contribution is -0.384. The van der Waals surface area contributed by atoms with E-state index in [1.807, 2.05) is 0 Å². The van der Waals surface area contributed by atoms with Crippen molar-refractivity contribution in [1.29, 1.82) is 0 Å². The molecule has 1 aliphatic rings. The maximum Gasteiger partial charge on any atom is 0.269 e. The SMILES string of the molecule is O=C1Cc2cc([N+](=O)[O-])ccc2N1CCOCCO. The van der Waals surface area contributed by atoms with Crippen LogP contribution in [0.5, 0.6) is 0 Å². The second-order valence-corrected chi connectivity index (χ2v) is 4.13. The average molecular weight is 266 g/mol. The summed E-state index contributed by atoms with van der Waals surface area (Å²) < 4.78 is 5.12. The number of aliphatic hydroxyl groups is 1. The van der Waals surface area contributed by atoms with Crippen LogP contribution in [0.25, 0.3) is 0 Å². The zero-order valence-corrected chi connectivity index (χ0v) is 10.2. The van der Waals surface area contributed by atoms with Crippen molar-refractivity contribution >= 4 is 17.3 Å². The molecule has 0 radical (unpaired) electrons. The highest BCUT2D eigenvalue weighted by Gasteiger charge is 2.28. The average Bonchev–Trinajstić information content (AvgIpc) is 2.69. The van der Waals surface area contributed by atoms with Crippen LogP contribution >= 0.6 is 0 Å². The van der Waals surface area contributed by atoms with E-state index in [0.717, 1.165) is 0 Å². The van der Waals surface area contributed by atoms with E-state index in [4.69, 9.17) is 9.84 Å². The minimum atomic E-state index is -0.474. The summed E-state index contributed by atoms with van der Waals surface area (Å²) in [5.74, 6) is -0.0944. The third kappa shape index (κ3) is 2.88. The molecule has 7 heteroatoms. The molecular formula is C12H14N2O5. The van der Waals surface area contributed by atoms with Crippen LogP contribution in [0.4, 0.5) is 11.4 Å². The molecule has 0 atom stereocenters. The highest BCUT2D eigenvalue weighted by atomic mass is 16.6. The van der Waals surface area contributed by atoms with Gasteiger partial charge in [-0.2, -0.15) is 0 Å². The maximum absolute atomic E-state index is 11.8. The van der Waals surface area contributed by atoms with E-state index >= 15 is 0 Å². The second-order valence-electron chi connectivity index (χ2n) is 4.13. The van der Waals surface area contributed by atoms with E-state index in [1.54, 1.807) is 11.0 Å². The minimum Gasteiger partial charge on any atom is -0.394 e. The Kier molecular flexibility index (Phi) is 4.08. The van der Waals surface area contributed by atoms with Crippen molar-refractivity contribution in [2.75, 3.05) is 31.3 Å². The maximum atomic E-state index is 11.8. The largest absolute Gasteiger partial charge is 0.394 e. The first-order valence-electron chi connectivity index (χ1n) is 5.90. The van der Waals surface area contributed by atoms with Gasteiger partial charge in [-0.05, 0) is 11.6 Å². The predicted octanol–water partition coefficient (Wildman–Crippen LogP) is 0.493. The Bertz CT molecular complexity index is 503. The molecule has 0 spiro atoms. The monoisotopic (exact) mass is 266 g/mol. The molecule has 1 N–H and O–H groups in total. The molecule has 2 rings (SSSR count). The smallest absolute Gasteiger partial charge is 0.269 e. The fraction of sp³-hybridized carbons (Fsp3) is 0.417. The molecule has 1 aromatic carbocycles. The first kappa shape index (κ1) is 13.4. The Balaban J connectivity index is 2.09. The van der Waals surface area contributed by atoms with Gasteiger partial charge in [-0.15, -0.1) is 0 Å². The molecule has 0 bridgehead atoms. The molecule has 0 aromatic heterocycles. The molecule has 1 amide bonds. The van der Waals surface area contributed by atoms with E-state index < -0.39 is 4.92 Å². The van der Waals surface area contributed by atoms with Gasteiger partial charge in [0.15, 0.2) is 0 Å². The summed E-state index contributed by atoms with van der Waals surface area (Å²) in [7, 11) is 0. The number of nitro groups is 1. The first-order valence-corrected chi connectivity index (χ1v) is 5.90. The van der Waals surface area contributed by atoms with Crippen LogP contribution in [-0.4, -0.2) is 42.3 Å². The van der Waals surface area contributed by atoms with Gasteiger partial charge in [0.2, 0.25) is 5.91 Å². The summed E-state index contributed by atoms with van der Waals surface area (Å²) in [6.45, 7) is 0.873. The summed E-state index contributed by atoms with van der Waals surface area (Å²) in [4.78, 5) is 23.6. The fourth-order valence-electron chi connectivity index (χ4n) is 2.05. The van der Waals surface area contributed by atoms with Crippen LogP contribution in [0.15, 0.2) is 18.2 Å². The Labute approximate surface area is 109 Å². The number of hydrogen-bond donors (Lipinski definition) is 1. The Morgan fingerprint density at radius 1 is 1.42 bits per heavy atom. The molecule has 0 unspecified atom stereocenters. The third-order valence-corrected chi connectivity index (χ3v) is 2.90. The summed E-state index contributed by atoms with van der Waals surface area (Å²) in [5, 5.41) is 19.3. The van der Waals surface area contributed by atoms with Crippen LogP contribution in [0.3, 0.4) is 0 Å². The normalized spacial score (nSPS) is 13.7. The van der Waals surface area contributed by atoms with Gasteiger partial charge in [0.1, 0.15) is 0 Å². The lowest BCUT2D eigenvalue weighted by atomic mass is 10.1. The van der Waals surface area contributed by atoms with Gasteiger partial charge >= 0.3 is 0 Å². The van der Waals surface area contributed by atoms with Crippen LogP contribution in [0.1, 0.15) is 5.56 Å². The number of non-ortho nitro benzene ring substituents is 1. The summed E-state index contributed by atoms with van der Waals surface area (Å²) >= 11 is 0. The Morgan fingerprint density at radius 3 is 2.89 bits per heavy atom.